The molecule has 0 aromatic carbocycles. The molecule has 0 aromatic heterocycles. The number of carbonyl (C=O) groups excluding carboxylic acids is 2. The lowest BCUT2D eigenvalue weighted by Gasteiger charge is -1.88. The van der Waals surface area contributed by atoms with Gasteiger partial charge in [0.2, 0.25) is 0 Å². The minimum absolute atomic E-state index is 0.408. The Bertz CT molecular complexity index is 212. The lowest BCUT2D eigenvalue weighted by molar-refractivity contribution is -0.105. The van der Waals surface area contributed by atoms with Gasteiger partial charge in [-0.3, -0.25) is 9.59 Å². The summed E-state index contributed by atoms with van der Waals surface area (Å²) in [6.07, 6.45) is 5.85. The molecule has 0 rings (SSSR count). The van der Waals surface area contributed by atoms with Gasteiger partial charge in [-0.05, 0) is 13.0 Å². The van der Waals surface area contributed by atoms with Crippen LogP contribution in [0.4, 0.5) is 0 Å². The number of rotatable bonds is 4. The first-order valence-electron chi connectivity index (χ1n) is 3.19. The van der Waals surface area contributed by atoms with Crippen molar-refractivity contribution in [2.45, 2.75) is 6.92 Å². The van der Waals surface area contributed by atoms with Gasteiger partial charge < -0.3 is 0 Å². The molecule has 0 amide bonds. The molecule has 0 unspecified atom stereocenters. The zero-order valence-corrected chi connectivity index (χ0v) is 6.41. The number of hydrogen-bond donors (Lipinski definition) is 0. The number of allylic oxidation sites excluding steroid dienone is 5. The summed E-state index contributed by atoms with van der Waals surface area (Å²) in [5.41, 5.74) is 0.886. The number of carbonyl (C=O) groups is 2. The molecular weight excluding hydrogens is 140 g/mol. The van der Waals surface area contributed by atoms with Gasteiger partial charge in [0, 0.05) is 11.1 Å². The lowest BCUT2D eigenvalue weighted by Crippen LogP contribution is -1.83. The Balaban J connectivity index is 4.61. The summed E-state index contributed by atoms with van der Waals surface area (Å²) in [6.45, 7) is 5.14. The van der Waals surface area contributed by atoms with E-state index in [0.29, 0.717) is 23.7 Å². The molecule has 0 spiro atoms. The van der Waals surface area contributed by atoms with Crippen LogP contribution in [0, 0.1) is 0 Å². The van der Waals surface area contributed by atoms with Crippen molar-refractivity contribution in [3.63, 3.8) is 0 Å². The van der Waals surface area contributed by atoms with Crippen molar-refractivity contribution in [3.05, 3.63) is 36.0 Å². The second-order valence-corrected chi connectivity index (χ2v) is 1.87. The monoisotopic (exact) mass is 150 g/mol. The average Bonchev–Trinajstić information content (AvgIpc) is 2.07. The van der Waals surface area contributed by atoms with Gasteiger partial charge in [0.1, 0.15) is 12.6 Å². The van der Waals surface area contributed by atoms with Gasteiger partial charge in [-0.2, -0.15) is 0 Å². The molecule has 0 radical (unpaired) electrons. The summed E-state index contributed by atoms with van der Waals surface area (Å²) in [7, 11) is 0. The van der Waals surface area contributed by atoms with Gasteiger partial charge in [-0.1, -0.05) is 18.7 Å². The van der Waals surface area contributed by atoms with Gasteiger partial charge in [-0.25, -0.2) is 0 Å². The number of aldehydes is 2. The quantitative estimate of drug-likeness (QED) is 0.345. The van der Waals surface area contributed by atoms with Crippen LogP contribution in [0.3, 0.4) is 0 Å². The molecule has 11 heavy (non-hydrogen) atoms. The third kappa shape index (κ3) is 3.30. The van der Waals surface area contributed by atoms with E-state index in [4.69, 9.17) is 0 Å². The maximum absolute atomic E-state index is 10.2. The molecule has 0 N–H and O–H groups in total. The maximum Gasteiger partial charge on any atom is 0.150 e. The van der Waals surface area contributed by atoms with E-state index < -0.39 is 0 Å². The largest absolute Gasteiger partial charge is 0.298 e. The second kappa shape index (κ2) is 5.35. The van der Waals surface area contributed by atoms with Gasteiger partial charge in [-0.15, -0.1) is 0 Å². The van der Waals surface area contributed by atoms with Crippen molar-refractivity contribution in [1.29, 1.82) is 0 Å². The third-order valence-corrected chi connectivity index (χ3v) is 1.17. The molecule has 0 heterocycles. The molecular formula is C9H10O2. The molecule has 0 aromatic rings. The summed E-state index contributed by atoms with van der Waals surface area (Å²) in [5.74, 6) is 0. The van der Waals surface area contributed by atoms with Gasteiger partial charge >= 0.3 is 0 Å². The van der Waals surface area contributed by atoms with Gasteiger partial charge in [0.25, 0.3) is 0 Å². The molecule has 0 aliphatic rings. The van der Waals surface area contributed by atoms with Crippen LogP contribution in [0.15, 0.2) is 36.0 Å². The van der Waals surface area contributed by atoms with Crippen LogP contribution in [0.1, 0.15) is 6.92 Å². The molecule has 58 valence electrons. The molecule has 0 aliphatic heterocycles. The van der Waals surface area contributed by atoms with E-state index in [1.54, 1.807) is 13.0 Å². The van der Waals surface area contributed by atoms with E-state index in [9.17, 15) is 9.59 Å². The first-order chi connectivity index (χ1) is 5.28. The maximum atomic E-state index is 10.2. The summed E-state index contributed by atoms with van der Waals surface area (Å²) in [4.78, 5) is 20.5. The van der Waals surface area contributed by atoms with Crippen LogP contribution >= 0.6 is 0 Å². The highest BCUT2D eigenvalue weighted by Gasteiger charge is 1.90. The lowest BCUT2D eigenvalue weighted by atomic mass is 10.2. The highest BCUT2D eigenvalue weighted by Crippen LogP contribution is 1.98. The average molecular weight is 150 g/mol. The highest BCUT2D eigenvalue weighted by molar-refractivity contribution is 5.84. The fraction of sp³-hybridized carbons (Fsp3) is 0.111. The van der Waals surface area contributed by atoms with Crippen molar-refractivity contribution in [3.8, 4) is 0 Å². The van der Waals surface area contributed by atoms with Crippen LogP contribution in [-0.2, 0) is 9.59 Å². The van der Waals surface area contributed by atoms with E-state index in [-0.39, 0.29) is 0 Å². The molecule has 0 bridgehead atoms. The predicted molar refractivity (Wildman–Crippen MR) is 44.2 cm³/mol. The molecule has 0 atom stereocenters. The minimum Gasteiger partial charge on any atom is -0.298 e. The third-order valence-electron chi connectivity index (χ3n) is 1.17. The Kier molecular flexibility index (Phi) is 4.65. The Hall–Kier alpha value is -1.44. The molecule has 2 nitrogen and oxygen atoms in total. The van der Waals surface area contributed by atoms with Crippen molar-refractivity contribution in [2.24, 2.45) is 0 Å². The Morgan fingerprint density at radius 2 is 1.73 bits per heavy atom. The first kappa shape index (κ1) is 9.56. The summed E-state index contributed by atoms with van der Waals surface area (Å²) in [5, 5.41) is 0. The van der Waals surface area contributed by atoms with Gasteiger partial charge in [0.15, 0.2) is 0 Å². The molecule has 0 fully saturated rings. The molecule has 0 saturated heterocycles. The smallest absolute Gasteiger partial charge is 0.150 e. The van der Waals surface area contributed by atoms with Crippen LogP contribution in [0.2, 0.25) is 0 Å². The van der Waals surface area contributed by atoms with Crippen LogP contribution < -0.4 is 0 Å². The standard InChI is InChI=1S/C9H10O2/c1-3-8(6-10)5-9(4-2)7-11/h3-7H,1H2,2H3/b8-5+,9-4+. The van der Waals surface area contributed by atoms with Crippen molar-refractivity contribution in [2.75, 3.05) is 0 Å². The van der Waals surface area contributed by atoms with E-state index >= 15 is 0 Å². The minimum atomic E-state index is 0.408. The molecule has 0 aliphatic carbocycles. The SMILES string of the molecule is C=C/C(C=O)=C\C(C=O)=C/C. The Labute approximate surface area is 65.9 Å². The summed E-state index contributed by atoms with van der Waals surface area (Å²) < 4.78 is 0. The second-order valence-electron chi connectivity index (χ2n) is 1.87. The molecule has 0 saturated carbocycles. The van der Waals surface area contributed by atoms with E-state index in [1.807, 2.05) is 0 Å². The Morgan fingerprint density at radius 1 is 1.18 bits per heavy atom. The highest BCUT2D eigenvalue weighted by atomic mass is 16.1. The fourth-order valence-electron chi connectivity index (χ4n) is 0.519. The van der Waals surface area contributed by atoms with Crippen molar-refractivity contribution >= 4 is 12.6 Å². The topological polar surface area (TPSA) is 34.1 Å². The van der Waals surface area contributed by atoms with Crippen molar-refractivity contribution in [1.82, 2.24) is 0 Å². The summed E-state index contributed by atoms with van der Waals surface area (Å²) >= 11 is 0. The van der Waals surface area contributed by atoms with Crippen LogP contribution in [-0.4, -0.2) is 12.6 Å². The van der Waals surface area contributed by atoms with E-state index in [0.717, 1.165) is 0 Å². The normalized spacial score (nSPS) is 12.5. The van der Waals surface area contributed by atoms with Crippen LogP contribution in [0.5, 0.6) is 0 Å². The van der Waals surface area contributed by atoms with Crippen molar-refractivity contribution < 1.29 is 9.59 Å². The van der Waals surface area contributed by atoms with Gasteiger partial charge in [0.05, 0.1) is 0 Å². The van der Waals surface area contributed by atoms with E-state index in [2.05, 4.69) is 6.58 Å². The zero-order chi connectivity index (χ0) is 8.69. The molecule has 2 heteroatoms. The predicted octanol–water partition coefficient (Wildman–Crippen LogP) is 1.44. The Morgan fingerprint density at radius 3 is 2.00 bits per heavy atom. The fourth-order valence-corrected chi connectivity index (χ4v) is 0.519. The van der Waals surface area contributed by atoms with Crippen LogP contribution in [0.25, 0.3) is 0 Å². The first-order valence-corrected chi connectivity index (χ1v) is 3.19. The number of hydrogen-bond acceptors (Lipinski definition) is 2. The zero-order valence-electron chi connectivity index (χ0n) is 6.41. The van der Waals surface area contributed by atoms with E-state index in [1.165, 1.54) is 12.2 Å². The summed E-state index contributed by atoms with van der Waals surface area (Å²) in [6, 6.07) is 0.